The van der Waals surface area contributed by atoms with Crippen LogP contribution in [0.4, 0.5) is 5.69 Å². The molecule has 5 atom stereocenters. The van der Waals surface area contributed by atoms with Gasteiger partial charge in [-0.05, 0) is 70.2 Å². The van der Waals surface area contributed by atoms with Crippen LogP contribution in [0.15, 0.2) is 42.0 Å². The number of anilines is 1. The Balaban J connectivity index is 1.25. The number of aliphatic hydroxyl groups is 1. The predicted octanol–water partition coefficient (Wildman–Crippen LogP) is 4.12. The zero-order chi connectivity index (χ0) is 24.9. The lowest BCUT2D eigenvalue weighted by atomic mass is 9.70. The van der Waals surface area contributed by atoms with Crippen LogP contribution in [0.3, 0.4) is 0 Å². The molecule has 7 nitrogen and oxygen atoms in total. The molecule has 1 aliphatic carbocycles. The maximum Gasteiger partial charge on any atom is 0.331 e. The van der Waals surface area contributed by atoms with Crippen molar-refractivity contribution in [1.29, 1.82) is 0 Å². The minimum atomic E-state index is -0.312. The largest absolute Gasteiger partial charge is 0.459 e. The third kappa shape index (κ3) is 6.73. The molecule has 192 valence electrons. The van der Waals surface area contributed by atoms with Crippen molar-refractivity contribution in [2.75, 3.05) is 38.3 Å². The summed E-state index contributed by atoms with van der Waals surface area (Å²) >= 11 is 0. The highest BCUT2D eigenvalue weighted by Gasteiger charge is 2.68. The Kier molecular flexibility index (Phi) is 8.32. The topological polar surface area (TPSA) is 92.9 Å². The van der Waals surface area contributed by atoms with Gasteiger partial charge in [-0.3, -0.25) is 0 Å². The van der Waals surface area contributed by atoms with Crippen LogP contribution < -0.4 is 5.32 Å². The van der Waals surface area contributed by atoms with Gasteiger partial charge in [-0.15, -0.1) is 0 Å². The van der Waals surface area contributed by atoms with E-state index in [2.05, 4.69) is 32.2 Å². The van der Waals surface area contributed by atoms with E-state index in [1.54, 1.807) is 6.08 Å². The molecular formula is C28H39NO6. The third-order valence-electron chi connectivity index (χ3n) is 7.37. The van der Waals surface area contributed by atoms with Crippen molar-refractivity contribution in [2.45, 2.75) is 69.9 Å². The van der Waals surface area contributed by atoms with E-state index in [1.165, 1.54) is 11.6 Å². The second-order valence-electron chi connectivity index (χ2n) is 10.3. The second-order valence-corrected chi connectivity index (χ2v) is 10.3. The van der Waals surface area contributed by atoms with E-state index in [9.17, 15) is 4.79 Å². The minimum absolute atomic E-state index is 0.0326. The Morgan fingerprint density at radius 2 is 2.03 bits per heavy atom. The summed E-state index contributed by atoms with van der Waals surface area (Å²) in [5, 5.41) is 12.0. The number of hydrogen-bond donors (Lipinski definition) is 2. The fourth-order valence-corrected chi connectivity index (χ4v) is 5.19. The van der Waals surface area contributed by atoms with Gasteiger partial charge in [-0.2, -0.15) is 0 Å². The van der Waals surface area contributed by atoms with Gasteiger partial charge in [0.05, 0.1) is 43.7 Å². The van der Waals surface area contributed by atoms with E-state index in [4.69, 9.17) is 24.1 Å². The van der Waals surface area contributed by atoms with E-state index >= 15 is 0 Å². The molecule has 1 saturated carbocycles. The maximum atomic E-state index is 12.5. The molecule has 1 aromatic carbocycles. The number of hydrogen-bond acceptors (Lipinski definition) is 7. The van der Waals surface area contributed by atoms with Crippen LogP contribution in [0.25, 0.3) is 6.08 Å². The average molecular weight is 486 g/mol. The van der Waals surface area contributed by atoms with Crippen molar-refractivity contribution in [3.8, 4) is 0 Å². The van der Waals surface area contributed by atoms with Gasteiger partial charge in [0.2, 0.25) is 0 Å². The van der Waals surface area contributed by atoms with Gasteiger partial charge in [0.15, 0.2) is 0 Å². The molecule has 1 aromatic rings. The maximum absolute atomic E-state index is 12.5. The summed E-state index contributed by atoms with van der Waals surface area (Å²) in [6.07, 6.45) is 9.06. The zero-order valence-corrected chi connectivity index (χ0v) is 21.1. The normalized spacial score (nSPS) is 31.4. The van der Waals surface area contributed by atoms with Crippen molar-refractivity contribution in [3.05, 3.63) is 47.6 Å². The zero-order valence-electron chi connectivity index (χ0n) is 21.1. The highest BCUT2D eigenvalue weighted by molar-refractivity contribution is 5.87. The molecule has 3 fully saturated rings. The molecule has 7 heteroatoms. The molecule has 0 aromatic heterocycles. The van der Waals surface area contributed by atoms with Crippen LogP contribution in [-0.2, 0) is 23.7 Å². The summed E-state index contributed by atoms with van der Waals surface area (Å²) in [6, 6.07) is 7.81. The molecule has 0 unspecified atom stereocenters. The lowest BCUT2D eigenvalue weighted by molar-refractivity contribution is -0.147. The SMILES string of the molecule is CC(C)=CC[C@H]1O[C@]1(C)[C@H]1C[C@H](OC(=O)/C=C/c2ccc(NCCOCCO)cc2)CC[C@]12CO2. The van der Waals surface area contributed by atoms with Crippen LogP contribution >= 0.6 is 0 Å². The van der Waals surface area contributed by atoms with E-state index in [0.717, 1.165) is 43.5 Å². The van der Waals surface area contributed by atoms with Gasteiger partial charge in [0, 0.05) is 24.2 Å². The molecule has 2 aliphatic heterocycles. The van der Waals surface area contributed by atoms with Gasteiger partial charge in [-0.25, -0.2) is 4.79 Å². The van der Waals surface area contributed by atoms with Crippen molar-refractivity contribution < 1.29 is 28.8 Å². The van der Waals surface area contributed by atoms with E-state index in [1.807, 2.05) is 24.3 Å². The number of esters is 1. The highest BCUT2D eigenvalue weighted by atomic mass is 16.6. The number of allylic oxidation sites excluding steroid dienone is 1. The van der Waals surface area contributed by atoms with Gasteiger partial charge in [0.1, 0.15) is 6.10 Å². The van der Waals surface area contributed by atoms with Crippen LogP contribution in [0.1, 0.15) is 52.0 Å². The average Bonchev–Trinajstić information content (AvgIpc) is 3.76. The van der Waals surface area contributed by atoms with Crippen LogP contribution in [0, 0.1) is 5.92 Å². The number of carbonyl (C=O) groups is 1. The van der Waals surface area contributed by atoms with E-state index in [0.29, 0.717) is 19.8 Å². The first-order valence-electron chi connectivity index (χ1n) is 12.7. The first kappa shape index (κ1) is 25.9. The van der Waals surface area contributed by atoms with Gasteiger partial charge < -0.3 is 29.4 Å². The van der Waals surface area contributed by atoms with Crippen molar-refractivity contribution >= 4 is 17.7 Å². The molecule has 0 bridgehead atoms. The Bertz CT molecular complexity index is 918. The summed E-state index contributed by atoms with van der Waals surface area (Å²) in [6.45, 7) is 8.77. The summed E-state index contributed by atoms with van der Waals surface area (Å²) in [4.78, 5) is 12.5. The number of carbonyl (C=O) groups excluding carboxylic acids is 1. The Hall–Kier alpha value is -2.19. The van der Waals surface area contributed by atoms with Gasteiger partial charge in [-0.1, -0.05) is 23.8 Å². The summed E-state index contributed by atoms with van der Waals surface area (Å²) < 4.78 is 23.2. The molecule has 2 heterocycles. The van der Waals surface area contributed by atoms with Crippen LogP contribution in [0.5, 0.6) is 0 Å². The second kappa shape index (κ2) is 11.2. The number of epoxide rings is 2. The lowest BCUT2D eigenvalue weighted by Crippen LogP contribution is -2.44. The number of rotatable bonds is 12. The fourth-order valence-electron chi connectivity index (χ4n) is 5.19. The predicted molar refractivity (Wildman–Crippen MR) is 135 cm³/mol. The fraction of sp³-hybridized carbons (Fsp3) is 0.607. The van der Waals surface area contributed by atoms with Gasteiger partial charge >= 0.3 is 5.97 Å². The lowest BCUT2D eigenvalue weighted by Gasteiger charge is -2.36. The molecule has 35 heavy (non-hydrogen) atoms. The Labute approximate surface area is 208 Å². The first-order chi connectivity index (χ1) is 16.8. The molecular weight excluding hydrogens is 446 g/mol. The number of aliphatic hydroxyl groups excluding tert-OH is 1. The van der Waals surface area contributed by atoms with Crippen LogP contribution in [-0.4, -0.2) is 67.5 Å². The molecule has 2 N–H and O–H groups in total. The standard InChI is InChI=1S/C28H39NO6/c1-20(2)4-10-25-27(3,35-25)24-18-23(12-13-28(24)19-33-28)34-26(31)11-7-21-5-8-22(9-6-21)29-14-16-32-17-15-30/h4-9,11,23-25,29-30H,10,12-19H2,1-3H3/b11-7+/t23-,24-,25-,27-,28+/m1/s1. The summed E-state index contributed by atoms with van der Waals surface area (Å²) in [5.74, 6) is -0.0669. The van der Waals surface area contributed by atoms with Crippen LogP contribution in [0.2, 0.25) is 0 Å². The molecule has 2 saturated heterocycles. The minimum Gasteiger partial charge on any atom is -0.459 e. The number of benzene rings is 1. The Morgan fingerprint density at radius 3 is 2.71 bits per heavy atom. The number of ether oxygens (including phenoxy) is 4. The third-order valence-corrected chi connectivity index (χ3v) is 7.37. The van der Waals surface area contributed by atoms with E-state index < -0.39 is 0 Å². The molecule has 3 aliphatic rings. The molecule has 0 amide bonds. The first-order valence-corrected chi connectivity index (χ1v) is 12.7. The summed E-state index contributed by atoms with van der Waals surface area (Å²) in [5.41, 5.74) is 2.91. The van der Waals surface area contributed by atoms with E-state index in [-0.39, 0.29) is 41.9 Å². The van der Waals surface area contributed by atoms with Gasteiger partial charge in [0.25, 0.3) is 0 Å². The van der Waals surface area contributed by atoms with Crippen molar-refractivity contribution in [3.63, 3.8) is 0 Å². The highest BCUT2D eigenvalue weighted by Crippen LogP contribution is 2.59. The quantitative estimate of drug-likeness (QED) is 0.151. The van der Waals surface area contributed by atoms with Crippen molar-refractivity contribution in [1.82, 2.24) is 0 Å². The molecule has 0 radical (unpaired) electrons. The molecule has 1 spiro atoms. The van der Waals surface area contributed by atoms with Crippen molar-refractivity contribution in [2.24, 2.45) is 5.92 Å². The Morgan fingerprint density at radius 1 is 1.26 bits per heavy atom. The summed E-state index contributed by atoms with van der Waals surface area (Å²) in [7, 11) is 0. The monoisotopic (exact) mass is 485 g/mol. The molecule has 4 rings (SSSR count). The smallest absolute Gasteiger partial charge is 0.331 e. The number of nitrogens with one attached hydrogen (secondary N) is 1.